The van der Waals surface area contributed by atoms with Gasteiger partial charge in [0.05, 0.1) is 5.69 Å². The fourth-order valence-corrected chi connectivity index (χ4v) is 2.05. The normalized spacial score (nSPS) is 13.5. The van der Waals surface area contributed by atoms with Crippen molar-refractivity contribution < 1.29 is 5.11 Å². The largest absolute Gasteiger partial charge is 0.508 e. The van der Waals surface area contributed by atoms with Crippen molar-refractivity contribution in [1.29, 1.82) is 0 Å². The third kappa shape index (κ3) is 2.96. The van der Waals surface area contributed by atoms with E-state index in [2.05, 4.69) is 37.0 Å². The van der Waals surface area contributed by atoms with E-state index in [0.717, 1.165) is 17.0 Å². The van der Waals surface area contributed by atoms with Gasteiger partial charge in [-0.2, -0.15) is 5.10 Å². The number of aromatic nitrogens is 2. The molecule has 0 aliphatic carbocycles. The second-order valence-electron chi connectivity index (χ2n) is 5.84. The zero-order valence-corrected chi connectivity index (χ0v) is 11.6. The van der Waals surface area contributed by atoms with Crippen LogP contribution in [0.5, 0.6) is 5.75 Å². The summed E-state index contributed by atoms with van der Waals surface area (Å²) in [5.74, 6) is 0.337. The maximum absolute atomic E-state index is 9.34. The highest BCUT2D eigenvalue weighted by atomic mass is 16.3. The zero-order chi connectivity index (χ0) is 14.0. The van der Waals surface area contributed by atoms with E-state index >= 15 is 0 Å². The minimum atomic E-state index is 0.0167. The number of phenolic OH excluding ortho intramolecular Hbond substituents is 1. The lowest BCUT2D eigenvalue weighted by molar-refractivity contribution is 0.475. The maximum Gasteiger partial charge on any atom is 0.115 e. The van der Waals surface area contributed by atoms with Crippen molar-refractivity contribution in [3.63, 3.8) is 0 Å². The molecule has 0 bridgehead atoms. The predicted octanol–water partition coefficient (Wildman–Crippen LogP) is 2.50. The fourth-order valence-electron chi connectivity index (χ4n) is 2.05. The highest BCUT2D eigenvalue weighted by molar-refractivity contribution is 5.34. The molecule has 1 aromatic heterocycles. The van der Waals surface area contributed by atoms with Gasteiger partial charge in [-0.1, -0.05) is 32.9 Å². The summed E-state index contributed by atoms with van der Waals surface area (Å²) in [4.78, 5) is 0. The third-order valence-electron chi connectivity index (χ3n) is 3.27. The molecule has 0 aliphatic heterocycles. The summed E-state index contributed by atoms with van der Waals surface area (Å²) in [6.07, 6.45) is 0. The number of rotatable bonds is 3. The smallest absolute Gasteiger partial charge is 0.115 e. The van der Waals surface area contributed by atoms with Crippen LogP contribution in [0.3, 0.4) is 0 Å². The van der Waals surface area contributed by atoms with E-state index in [-0.39, 0.29) is 17.1 Å². The van der Waals surface area contributed by atoms with Gasteiger partial charge in [0.15, 0.2) is 0 Å². The number of aromatic amines is 1. The number of aromatic hydroxyl groups is 1. The number of benzene rings is 1. The molecule has 0 aliphatic rings. The molecule has 0 spiro atoms. The van der Waals surface area contributed by atoms with Gasteiger partial charge >= 0.3 is 0 Å². The number of phenols is 1. The van der Waals surface area contributed by atoms with Crippen molar-refractivity contribution in [3.05, 3.63) is 47.3 Å². The van der Waals surface area contributed by atoms with Crippen LogP contribution >= 0.6 is 0 Å². The quantitative estimate of drug-likeness (QED) is 0.792. The van der Waals surface area contributed by atoms with Crippen molar-refractivity contribution in [2.75, 3.05) is 6.54 Å². The second kappa shape index (κ2) is 5.05. The fraction of sp³-hybridized carbons (Fsp3) is 0.400. The van der Waals surface area contributed by atoms with Gasteiger partial charge in [-0.3, -0.25) is 5.10 Å². The topological polar surface area (TPSA) is 74.9 Å². The molecule has 1 unspecified atom stereocenters. The molecule has 4 N–H and O–H groups in total. The number of H-pyrrole nitrogens is 1. The van der Waals surface area contributed by atoms with Crippen LogP contribution in [0.2, 0.25) is 0 Å². The third-order valence-corrected chi connectivity index (χ3v) is 3.27. The van der Waals surface area contributed by atoms with Crippen molar-refractivity contribution in [2.24, 2.45) is 5.73 Å². The van der Waals surface area contributed by atoms with E-state index in [1.807, 2.05) is 12.1 Å². The molecule has 4 heteroatoms. The summed E-state index contributed by atoms with van der Waals surface area (Å²) in [5.41, 5.74) is 9.01. The van der Waals surface area contributed by atoms with E-state index in [0.29, 0.717) is 6.54 Å². The first-order valence-corrected chi connectivity index (χ1v) is 6.46. The summed E-state index contributed by atoms with van der Waals surface area (Å²) in [6.45, 7) is 6.89. The van der Waals surface area contributed by atoms with Crippen LogP contribution in [0, 0.1) is 0 Å². The van der Waals surface area contributed by atoms with Gasteiger partial charge in [-0.15, -0.1) is 0 Å². The molecule has 0 radical (unpaired) electrons. The van der Waals surface area contributed by atoms with Crippen LogP contribution in [0.1, 0.15) is 43.6 Å². The Morgan fingerprint density at radius 2 is 1.89 bits per heavy atom. The van der Waals surface area contributed by atoms with Gasteiger partial charge in [0.1, 0.15) is 5.75 Å². The number of nitrogens with one attached hydrogen (secondary N) is 1. The Bertz CT molecular complexity index is 537. The molecule has 1 atom stereocenters. The summed E-state index contributed by atoms with van der Waals surface area (Å²) in [6, 6.07) is 9.22. The molecule has 19 heavy (non-hydrogen) atoms. The van der Waals surface area contributed by atoms with Crippen molar-refractivity contribution in [3.8, 4) is 5.75 Å². The average molecular weight is 259 g/mol. The van der Waals surface area contributed by atoms with Crippen LogP contribution < -0.4 is 5.73 Å². The molecule has 0 amide bonds. The molecule has 0 saturated carbocycles. The number of hydrogen-bond acceptors (Lipinski definition) is 3. The van der Waals surface area contributed by atoms with E-state index in [4.69, 9.17) is 5.73 Å². The second-order valence-corrected chi connectivity index (χ2v) is 5.84. The molecule has 0 fully saturated rings. The standard InChI is InChI=1S/C15H21N3O/c1-15(2,3)14-8-13(17-18-14)12(9-16)10-4-6-11(19)7-5-10/h4-8,12,19H,9,16H2,1-3H3,(H,17,18). The zero-order valence-electron chi connectivity index (χ0n) is 11.6. The molecule has 0 saturated heterocycles. The Morgan fingerprint density at radius 1 is 1.26 bits per heavy atom. The highest BCUT2D eigenvalue weighted by Crippen LogP contribution is 2.27. The number of nitrogens with two attached hydrogens (primary N) is 1. The summed E-state index contributed by atoms with van der Waals surface area (Å²) in [7, 11) is 0. The maximum atomic E-state index is 9.34. The van der Waals surface area contributed by atoms with E-state index < -0.39 is 0 Å². The first-order valence-electron chi connectivity index (χ1n) is 6.46. The molecule has 4 nitrogen and oxygen atoms in total. The molecule has 102 valence electrons. The van der Waals surface area contributed by atoms with Gasteiger partial charge in [0, 0.05) is 23.6 Å². The SMILES string of the molecule is CC(C)(C)c1cc(C(CN)c2ccc(O)cc2)[nH]n1. The first-order chi connectivity index (χ1) is 8.91. The van der Waals surface area contributed by atoms with Gasteiger partial charge < -0.3 is 10.8 Å². The number of hydrogen-bond donors (Lipinski definition) is 3. The van der Waals surface area contributed by atoms with Crippen LogP contribution in [0.25, 0.3) is 0 Å². The average Bonchev–Trinajstić information content (AvgIpc) is 2.82. The Hall–Kier alpha value is -1.81. The Balaban J connectivity index is 2.32. The van der Waals surface area contributed by atoms with E-state index in [1.54, 1.807) is 12.1 Å². The van der Waals surface area contributed by atoms with Crippen LogP contribution in [0.15, 0.2) is 30.3 Å². The summed E-state index contributed by atoms with van der Waals surface area (Å²) >= 11 is 0. The van der Waals surface area contributed by atoms with Crippen LogP contribution in [-0.2, 0) is 5.41 Å². The molecular weight excluding hydrogens is 238 g/mol. The Kier molecular flexibility index (Phi) is 3.62. The van der Waals surface area contributed by atoms with Crippen LogP contribution in [-0.4, -0.2) is 21.8 Å². The molecular formula is C15H21N3O. The lowest BCUT2D eigenvalue weighted by Crippen LogP contribution is -2.14. The lowest BCUT2D eigenvalue weighted by Gasteiger charge is -2.15. The van der Waals surface area contributed by atoms with Gasteiger partial charge in [0.2, 0.25) is 0 Å². The summed E-state index contributed by atoms with van der Waals surface area (Å²) in [5, 5.41) is 16.8. The number of nitrogens with zero attached hydrogens (tertiary/aromatic N) is 1. The minimum absolute atomic E-state index is 0.0167. The summed E-state index contributed by atoms with van der Waals surface area (Å²) < 4.78 is 0. The van der Waals surface area contributed by atoms with Gasteiger partial charge in [-0.05, 0) is 23.8 Å². The predicted molar refractivity (Wildman–Crippen MR) is 76.3 cm³/mol. The van der Waals surface area contributed by atoms with Gasteiger partial charge in [-0.25, -0.2) is 0 Å². The minimum Gasteiger partial charge on any atom is -0.508 e. The molecule has 2 aromatic rings. The monoisotopic (exact) mass is 259 g/mol. The van der Waals surface area contributed by atoms with E-state index in [9.17, 15) is 5.11 Å². The Morgan fingerprint density at radius 3 is 2.37 bits per heavy atom. The lowest BCUT2D eigenvalue weighted by atomic mass is 9.90. The van der Waals surface area contributed by atoms with Crippen molar-refractivity contribution in [2.45, 2.75) is 32.1 Å². The van der Waals surface area contributed by atoms with Crippen LogP contribution in [0.4, 0.5) is 0 Å². The van der Waals surface area contributed by atoms with Gasteiger partial charge in [0.25, 0.3) is 0 Å². The first kappa shape index (κ1) is 13.6. The van der Waals surface area contributed by atoms with E-state index in [1.165, 1.54) is 0 Å². The van der Waals surface area contributed by atoms with Crippen molar-refractivity contribution >= 4 is 0 Å². The molecule has 1 heterocycles. The molecule has 1 aromatic carbocycles. The van der Waals surface area contributed by atoms with Crippen molar-refractivity contribution in [1.82, 2.24) is 10.2 Å². The highest BCUT2D eigenvalue weighted by Gasteiger charge is 2.21. The Labute approximate surface area is 113 Å². The molecule has 2 rings (SSSR count).